The van der Waals surface area contributed by atoms with Gasteiger partial charge >= 0.3 is 0 Å². The second-order valence-corrected chi connectivity index (χ2v) is 5.38. The second kappa shape index (κ2) is 4.19. The highest BCUT2D eigenvalue weighted by atomic mass is 16.3. The van der Waals surface area contributed by atoms with E-state index >= 15 is 0 Å². The maximum Gasteiger partial charge on any atom is 0.0608 e. The van der Waals surface area contributed by atoms with Gasteiger partial charge in [0.25, 0.3) is 0 Å². The van der Waals surface area contributed by atoms with Crippen molar-refractivity contribution in [2.24, 2.45) is 29.4 Å². The zero-order valence-electron chi connectivity index (χ0n) is 9.15. The third kappa shape index (κ3) is 1.82. The zero-order chi connectivity index (χ0) is 10.1. The van der Waals surface area contributed by atoms with Crippen molar-refractivity contribution in [3.8, 4) is 0 Å². The van der Waals surface area contributed by atoms with Crippen molar-refractivity contribution < 1.29 is 5.11 Å². The van der Waals surface area contributed by atoms with Crippen molar-refractivity contribution in [2.45, 2.75) is 45.1 Å². The number of nitrogens with two attached hydrogens (primary N) is 1. The van der Waals surface area contributed by atoms with Gasteiger partial charge < -0.3 is 10.8 Å². The van der Waals surface area contributed by atoms with Crippen molar-refractivity contribution in [1.29, 1.82) is 0 Å². The fourth-order valence-electron chi connectivity index (χ4n) is 3.41. The van der Waals surface area contributed by atoms with Gasteiger partial charge in [-0.05, 0) is 49.5 Å². The monoisotopic (exact) mass is 197 g/mol. The molecule has 0 saturated heterocycles. The molecule has 2 heteroatoms. The number of fused-ring (bicyclic) bond motifs is 3. The van der Waals surface area contributed by atoms with Gasteiger partial charge in [0.1, 0.15) is 0 Å². The van der Waals surface area contributed by atoms with Crippen LogP contribution in [-0.2, 0) is 0 Å². The summed E-state index contributed by atoms with van der Waals surface area (Å²) in [6, 6.07) is 0. The van der Waals surface area contributed by atoms with Crippen LogP contribution in [0.1, 0.15) is 39.0 Å². The van der Waals surface area contributed by atoms with Gasteiger partial charge in [0.2, 0.25) is 0 Å². The zero-order valence-corrected chi connectivity index (χ0v) is 9.15. The Morgan fingerprint density at radius 1 is 1.29 bits per heavy atom. The maximum atomic E-state index is 10.2. The summed E-state index contributed by atoms with van der Waals surface area (Å²) in [4.78, 5) is 0. The average molecular weight is 197 g/mol. The van der Waals surface area contributed by atoms with Gasteiger partial charge in [0, 0.05) is 0 Å². The van der Waals surface area contributed by atoms with Crippen molar-refractivity contribution >= 4 is 0 Å². The molecule has 3 fully saturated rings. The Labute approximate surface area is 86.9 Å². The van der Waals surface area contributed by atoms with E-state index in [0.717, 1.165) is 11.8 Å². The molecule has 3 N–H and O–H groups in total. The van der Waals surface area contributed by atoms with Crippen LogP contribution in [0.5, 0.6) is 0 Å². The molecule has 3 rings (SSSR count). The van der Waals surface area contributed by atoms with Gasteiger partial charge in [0.05, 0.1) is 6.10 Å². The van der Waals surface area contributed by atoms with E-state index in [-0.39, 0.29) is 12.0 Å². The maximum absolute atomic E-state index is 10.2. The fraction of sp³-hybridized carbons (Fsp3) is 1.00. The molecule has 3 unspecified atom stereocenters. The van der Waals surface area contributed by atoms with Gasteiger partial charge in [-0.25, -0.2) is 0 Å². The Hall–Kier alpha value is -0.0800. The topological polar surface area (TPSA) is 46.2 Å². The largest absolute Gasteiger partial charge is 0.393 e. The third-order valence-electron chi connectivity index (χ3n) is 4.50. The van der Waals surface area contributed by atoms with Crippen LogP contribution in [0.25, 0.3) is 0 Å². The first-order chi connectivity index (χ1) is 6.72. The molecule has 3 atom stereocenters. The summed E-state index contributed by atoms with van der Waals surface area (Å²) >= 11 is 0. The molecule has 0 aromatic rings. The van der Waals surface area contributed by atoms with E-state index in [1.807, 2.05) is 0 Å². The molecule has 14 heavy (non-hydrogen) atoms. The normalized spacial score (nSPS) is 40.9. The first-order valence-electron chi connectivity index (χ1n) is 6.10. The van der Waals surface area contributed by atoms with Crippen LogP contribution < -0.4 is 5.73 Å². The molecule has 0 aliphatic heterocycles. The standard InChI is InChI=1S/C12H23NO/c1-8(7-13)12(14)11-6-9-2-4-10(11)5-3-9/h8-12,14H,2-7,13H2,1H3. The van der Waals surface area contributed by atoms with Gasteiger partial charge in [-0.1, -0.05) is 19.8 Å². The smallest absolute Gasteiger partial charge is 0.0608 e. The van der Waals surface area contributed by atoms with Crippen LogP contribution in [0, 0.1) is 23.7 Å². The number of rotatable bonds is 3. The summed E-state index contributed by atoms with van der Waals surface area (Å²) in [6.07, 6.45) is 6.63. The van der Waals surface area contributed by atoms with E-state index in [1.54, 1.807) is 0 Å². The molecule has 0 spiro atoms. The average Bonchev–Trinajstić information content (AvgIpc) is 2.28. The number of aliphatic hydroxyl groups excluding tert-OH is 1. The van der Waals surface area contributed by atoms with Crippen LogP contribution in [0.2, 0.25) is 0 Å². The number of hydrogen-bond donors (Lipinski definition) is 2. The van der Waals surface area contributed by atoms with Crippen LogP contribution in [-0.4, -0.2) is 17.8 Å². The molecular formula is C12H23NO. The summed E-state index contributed by atoms with van der Waals surface area (Å²) in [7, 11) is 0. The minimum atomic E-state index is -0.145. The summed E-state index contributed by atoms with van der Waals surface area (Å²) in [6.45, 7) is 2.70. The van der Waals surface area contributed by atoms with Gasteiger partial charge in [-0.15, -0.1) is 0 Å². The predicted molar refractivity (Wildman–Crippen MR) is 57.8 cm³/mol. The molecule has 0 amide bonds. The van der Waals surface area contributed by atoms with Gasteiger partial charge in [0.15, 0.2) is 0 Å². The lowest BCUT2D eigenvalue weighted by molar-refractivity contribution is -0.0278. The summed E-state index contributed by atoms with van der Waals surface area (Å²) < 4.78 is 0. The van der Waals surface area contributed by atoms with E-state index in [2.05, 4.69) is 6.92 Å². The van der Waals surface area contributed by atoms with Crippen LogP contribution in [0.15, 0.2) is 0 Å². The number of aliphatic hydroxyl groups is 1. The summed E-state index contributed by atoms with van der Waals surface area (Å²) in [5.74, 6) is 2.54. The van der Waals surface area contributed by atoms with Crippen LogP contribution in [0.3, 0.4) is 0 Å². The highest BCUT2D eigenvalue weighted by molar-refractivity contribution is 4.90. The molecule has 2 nitrogen and oxygen atoms in total. The fourth-order valence-corrected chi connectivity index (χ4v) is 3.41. The first kappa shape index (κ1) is 10.4. The van der Waals surface area contributed by atoms with Crippen molar-refractivity contribution in [3.63, 3.8) is 0 Å². The van der Waals surface area contributed by atoms with Gasteiger partial charge in [-0.3, -0.25) is 0 Å². The molecule has 3 aliphatic carbocycles. The van der Waals surface area contributed by atoms with Gasteiger partial charge in [-0.2, -0.15) is 0 Å². The molecule has 0 aromatic carbocycles. The van der Waals surface area contributed by atoms with Crippen molar-refractivity contribution in [3.05, 3.63) is 0 Å². The van der Waals surface area contributed by atoms with Crippen LogP contribution >= 0.6 is 0 Å². The quantitative estimate of drug-likeness (QED) is 0.724. The highest BCUT2D eigenvalue weighted by Gasteiger charge is 2.40. The Bertz CT molecular complexity index is 187. The molecule has 3 aliphatic rings. The molecule has 82 valence electrons. The second-order valence-electron chi connectivity index (χ2n) is 5.38. The Kier molecular flexibility index (Phi) is 3.13. The minimum absolute atomic E-state index is 0.145. The predicted octanol–water partition coefficient (Wildman–Crippen LogP) is 1.77. The summed E-state index contributed by atoms with van der Waals surface area (Å²) in [5, 5.41) is 10.2. The third-order valence-corrected chi connectivity index (χ3v) is 4.50. The molecular weight excluding hydrogens is 174 g/mol. The van der Waals surface area contributed by atoms with Crippen molar-refractivity contribution in [2.75, 3.05) is 6.54 Å². The molecule has 3 saturated carbocycles. The SMILES string of the molecule is CC(CN)C(O)C1CC2CCC1CC2. The number of hydrogen-bond acceptors (Lipinski definition) is 2. The summed E-state index contributed by atoms with van der Waals surface area (Å²) in [5.41, 5.74) is 5.62. The van der Waals surface area contributed by atoms with E-state index in [4.69, 9.17) is 5.73 Å². The highest BCUT2D eigenvalue weighted by Crippen LogP contribution is 2.47. The lowest BCUT2D eigenvalue weighted by Gasteiger charge is -2.45. The molecule has 0 aromatic heterocycles. The van der Waals surface area contributed by atoms with Crippen molar-refractivity contribution in [1.82, 2.24) is 0 Å². The van der Waals surface area contributed by atoms with E-state index in [0.29, 0.717) is 12.5 Å². The molecule has 2 bridgehead atoms. The van der Waals surface area contributed by atoms with E-state index < -0.39 is 0 Å². The molecule has 0 radical (unpaired) electrons. The Morgan fingerprint density at radius 3 is 2.36 bits per heavy atom. The van der Waals surface area contributed by atoms with E-state index in [9.17, 15) is 5.11 Å². The molecule has 0 heterocycles. The Morgan fingerprint density at radius 2 is 1.93 bits per heavy atom. The van der Waals surface area contributed by atoms with Crippen LogP contribution in [0.4, 0.5) is 0 Å². The van der Waals surface area contributed by atoms with E-state index in [1.165, 1.54) is 32.1 Å². The first-order valence-corrected chi connectivity index (χ1v) is 6.10. The minimum Gasteiger partial charge on any atom is -0.393 e. The Balaban J connectivity index is 1.97. The lowest BCUT2D eigenvalue weighted by Crippen LogP contribution is -2.42. The lowest BCUT2D eigenvalue weighted by atomic mass is 9.62.